The van der Waals surface area contributed by atoms with Crippen LogP contribution in [0.25, 0.3) is 0 Å². The van der Waals surface area contributed by atoms with Crippen LogP contribution < -0.4 is 5.73 Å². The van der Waals surface area contributed by atoms with E-state index >= 15 is 0 Å². The van der Waals surface area contributed by atoms with Crippen molar-refractivity contribution in [2.45, 2.75) is 32.8 Å². The van der Waals surface area contributed by atoms with Gasteiger partial charge in [-0.15, -0.1) is 0 Å². The molecule has 1 aromatic rings. The van der Waals surface area contributed by atoms with Gasteiger partial charge in [-0.05, 0) is 51.4 Å². The molecule has 0 saturated carbocycles. The monoisotopic (exact) mass is 264 g/mol. The number of nitrogens with two attached hydrogens (primary N) is 1. The minimum atomic E-state index is -0.888. The molecule has 0 fully saturated rings. The van der Waals surface area contributed by atoms with E-state index in [0.717, 1.165) is 12.0 Å². The van der Waals surface area contributed by atoms with E-state index in [1.165, 1.54) is 0 Å². The average Bonchev–Trinajstić information content (AvgIpc) is 2.35. The van der Waals surface area contributed by atoms with Crippen molar-refractivity contribution < 1.29 is 9.90 Å². The van der Waals surface area contributed by atoms with Gasteiger partial charge in [-0.2, -0.15) is 0 Å². The predicted octanol–water partition coefficient (Wildman–Crippen LogP) is 1.42. The van der Waals surface area contributed by atoms with Crippen molar-refractivity contribution >= 4 is 5.91 Å². The summed E-state index contributed by atoms with van der Waals surface area (Å²) in [5, 5.41) is 9.84. The van der Waals surface area contributed by atoms with Crippen molar-refractivity contribution in [1.29, 1.82) is 0 Å². The first-order chi connectivity index (χ1) is 8.87. The molecular formula is C15H24N2O2. The minimum Gasteiger partial charge on any atom is -0.389 e. The number of carbonyl (C=O) groups is 1. The third-order valence-electron chi connectivity index (χ3n) is 2.85. The summed E-state index contributed by atoms with van der Waals surface area (Å²) >= 11 is 0. The van der Waals surface area contributed by atoms with Crippen LogP contribution in [0.5, 0.6) is 0 Å². The highest BCUT2D eigenvalue weighted by molar-refractivity contribution is 5.94. The molecule has 0 aliphatic heterocycles. The van der Waals surface area contributed by atoms with E-state index in [0.29, 0.717) is 25.2 Å². The Bertz CT molecular complexity index is 424. The molecule has 1 amide bonds. The second kappa shape index (κ2) is 6.68. The summed E-state index contributed by atoms with van der Waals surface area (Å²) in [5.41, 5.74) is 6.35. The van der Waals surface area contributed by atoms with Crippen LogP contribution in [-0.2, 0) is 6.42 Å². The number of likely N-dealkylation sites (N-methyl/N-ethyl adjacent to an activating group) is 1. The van der Waals surface area contributed by atoms with E-state index in [-0.39, 0.29) is 5.91 Å². The maximum absolute atomic E-state index is 12.4. The molecule has 4 heteroatoms. The molecule has 0 saturated heterocycles. The summed E-state index contributed by atoms with van der Waals surface area (Å²) in [6.45, 7) is 6.78. The van der Waals surface area contributed by atoms with Gasteiger partial charge in [0, 0.05) is 18.7 Å². The Hall–Kier alpha value is -1.39. The number of rotatable bonds is 6. The quantitative estimate of drug-likeness (QED) is 0.816. The third-order valence-corrected chi connectivity index (χ3v) is 2.85. The van der Waals surface area contributed by atoms with Gasteiger partial charge in [-0.25, -0.2) is 0 Å². The highest BCUT2D eigenvalue weighted by Crippen LogP contribution is 2.12. The molecule has 1 rings (SSSR count). The number of benzene rings is 1. The highest BCUT2D eigenvalue weighted by atomic mass is 16.3. The van der Waals surface area contributed by atoms with Crippen LogP contribution in [0, 0.1) is 0 Å². The van der Waals surface area contributed by atoms with Gasteiger partial charge in [0.25, 0.3) is 5.91 Å². The van der Waals surface area contributed by atoms with E-state index in [1.54, 1.807) is 24.8 Å². The van der Waals surface area contributed by atoms with Gasteiger partial charge >= 0.3 is 0 Å². The molecular weight excluding hydrogens is 240 g/mol. The summed E-state index contributed by atoms with van der Waals surface area (Å²) in [7, 11) is 0. The summed E-state index contributed by atoms with van der Waals surface area (Å²) in [4.78, 5) is 14.0. The Morgan fingerprint density at radius 2 is 2.11 bits per heavy atom. The van der Waals surface area contributed by atoms with E-state index in [1.807, 2.05) is 25.1 Å². The van der Waals surface area contributed by atoms with Crippen LogP contribution >= 0.6 is 0 Å². The molecule has 0 unspecified atom stereocenters. The fourth-order valence-electron chi connectivity index (χ4n) is 2.00. The zero-order valence-corrected chi connectivity index (χ0v) is 12.0. The highest BCUT2D eigenvalue weighted by Gasteiger charge is 2.22. The molecule has 1 aromatic carbocycles. The van der Waals surface area contributed by atoms with E-state index < -0.39 is 5.60 Å². The van der Waals surface area contributed by atoms with Crippen LogP contribution in [0.3, 0.4) is 0 Å². The first kappa shape index (κ1) is 15.7. The lowest BCUT2D eigenvalue weighted by molar-refractivity contribution is 0.0314. The fourth-order valence-corrected chi connectivity index (χ4v) is 2.00. The molecule has 0 heterocycles. The molecule has 0 atom stereocenters. The van der Waals surface area contributed by atoms with Gasteiger partial charge in [0.2, 0.25) is 0 Å². The molecule has 0 radical (unpaired) electrons. The summed E-state index contributed by atoms with van der Waals surface area (Å²) in [5.74, 6) is -0.0523. The number of nitrogens with zero attached hydrogens (tertiary/aromatic N) is 1. The average molecular weight is 264 g/mol. The van der Waals surface area contributed by atoms with Crippen LogP contribution in [0.15, 0.2) is 24.3 Å². The number of hydrogen-bond acceptors (Lipinski definition) is 3. The lowest BCUT2D eigenvalue weighted by Gasteiger charge is -2.28. The lowest BCUT2D eigenvalue weighted by atomic mass is 10.1. The van der Waals surface area contributed by atoms with Crippen LogP contribution in [0.4, 0.5) is 0 Å². The SMILES string of the molecule is CCN(CC(C)(C)O)C(=O)c1cccc(CCN)c1. The largest absolute Gasteiger partial charge is 0.389 e. The predicted molar refractivity (Wildman–Crippen MR) is 77.1 cm³/mol. The topological polar surface area (TPSA) is 66.6 Å². The summed E-state index contributed by atoms with van der Waals surface area (Å²) in [6.07, 6.45) is 0.763. The number of amides is 1. The molecule has 4 nitrogen and oxygen atoms in total. The van der Waals surface area contributed by atoms with E-state index in [9.17, 15) is 9.90 Å². The fraction of sp³-hybridized carbons (Fsp3) is 0.533. The van der Waals surface area contributed by atoms with Crippen molar-refractivity contribution in [1.82, 2.24) is 4.90 Å². The van der Waals surface area contributed by atoms with Gasteiger partial charge in [-0.3, -0.25) is 4.79 Å². The van der Waals surface area contributed by atoms with Crippen molar-refractivity contribution in [3.63, 3.8) is 0 Å². The Morgan fingerprint density at radius 3 is 2.63 bits per heavy atom. The third kappa shape index (κ3) is 5.01. The zero-order chi connectivity index (χ0) is 14.5. The van der Waals surface area contributed by atoms with Gasteiger partial charge in [0.15, 0.2) is 0 Å². The molecule has 0 aliphatic rings. The van der Waals surface area contributed by atoms with Gasteiger partial charge in [0.1, 0.15) is 0 Å². The van der Waals surface area contributed by atoms with Crippen LogP contribution in [-0.4, -0.2) is 41.1 Å². The first-order valence-corrected chi connectivity index (χ1v) is 6.68. The molecule has 0 bridgehead atoms. The molecule has 0 spiro atoms. The van der Waals surface area contributed by atoms with Crippen molar-refractivity contribution in [2.24, 2.45) is 5.73 Å². The Kier molecular flexibility index (Phi) is 5.51. The summed E-state index contributed by atoms with van der Waals surface area (Å²) in [6, 6.07) is 7.52. The lowest BCUT2D eigenvalue weighted by Crippen LogP contribution is -2.42. The zero-order valence-electron chi connectivity index (χ0n) is 12.0. The van der Waals surface area contributed by atoms with Crippen molar-refractivity contribution in [3.05, 3.63) is 35.4 Å². The standard InChI is InChI=1S/C15H24N2O2/c1-4-17(11-15(2,3)19)14(18)13-7-5-6-12(10-13)8-9-16/h5-7,10,19H,4,8-9,11,16H2,1-3H3. The maximum Gasteiger partial charge on any atom is 0.253 e. The summed E-state index contributed by atoms with van der Waals surface area (Å²) < 4.78 is 0. The second-order valence-electron chi connectivity index (χ2n) is 5.37. The molecule has 3 N–H and O–H groups in total. The van der Waals surface area contributed by atoms with E-state index in [4.69, 9.17) is 5.73 Å². The smallest absolute Gasteiger partial charge is 0.253 e. The van der Waals surface area contributed by atoms with Gasteiger partial charge in [-0.1, -0.05) is 12.1 Å². The molecule has 106 valence electrons. The molecule has 0 aliphatic carbocycles. The van der Waals surface area contributed by atoms with Crippen LogP contribution in [0.2, 0.25) is 0 Å². The second-order valence-corrected chi connectivity index (χ2v) is 5.37. The normalized spacial score (nSPS) is 11.4. The Labute approximate surface area is 115 Å². The molecule has 19 heavy (non-hydrogen) atoms. The maximum atomic E-state index is 12.4. The van der Waals surface area contributed by atoms with Gasteiger partial charge in [0.05, 0.1) is 5.60 Å². The first-order valence-electron chi connectivity index (χ1n) is 6.68. The van der Waals surface area contributed by atoms with Crippen molar-refractivity contribution in [2.75, 3.05) is 19.6 Å². The number of aliphatic hydroxyl groups is 1. The Balaban J connectivity index is 2.88. The molecule has 0 aromatic heterocycles. The van der Waals surface area contributed by atoms with E-state index in [2.05, 4.69) is 0 Å². The van der Waals surface area contributed by atoms with Crippen molar-refractivity contribution in [3.8, 4) is 0 Å². The minimum absolute atomic E-state index is 0.0523. The van der Waals surface area contributed by atoms with Crippen LogP contribution in [0.1, 0.15) is 36.7 Å². The number of hydrogen-bond donors (Lipinski definition) is 2. The van der Waals surface area contributed by atoms with Gasteiger partial charge < -0.3 is 15.7 Å². The Morgan fingerprint density at radius 1 is 1.42 bits per heavy atom. The number of carbonyl (C=O) groups excluding carboxylic acids is 1.